The van der Waals surface area contributed by atoms with Gasteiger partial charge in [-0.15, -0.1) is 0 Å². The summed E-state index contributed by atoms with van der Waals surface area (Å²) in [4.78, 5) is 26.5. The number of carbonyl (C=O) groups excluding carboxylic acids is 2. The maximum absolute atomic E-state index is 13.6. The van der Waals surface area contributed by atoms with Gasteiger partial charge in [-0.3, -0.25) is 9.59 Å². The lowest BCUT2D eigenvalue weighted by atomic mass is 9.61. The lowest BCUT2D eigenvalue weighted by molar-refractivity contribution is -0.164. The van der Waals surface area contributed by atoms with E-state index in [4.69, 9.17) is 17.2 Å². The molecule has 2 fully saturated rings. The van der Waals surface area contributed by atoms with Crippen molar-refractivity contribution in [2.45, 2.75) is 117 Å². The average Bonchev–Trinajstić information content (AvgIpc) is 2.66. The molecular weight excluding hydrogens is 464 g/mol. The van der Waals surface area contributed by atoms with Crippen LogP contribution in [-0.2, 0) is 9.59 Å². The smallest absolute Gasteiger partial charge is 0.254 e. The first-order valence-corrected chi connectivity index (χ1v) is 13.0. The highest BCUT2D eigenvalue weighted by molar-refractivity contribution is 5.82. The van der Waals surface area contributed by atoms with E-state index in [1.54, 1.807) is 4.90 Å². The topological polar surface area (TPSA) is 196 Å². The van der Waals surface area contributed by atoms with Crippen molar-refractivity contribution in [3.05, 3.63) is 0 Å². The van der Waals surface area contributed by atoms with Crippen LogP contribution in [0.15, 0.2) is 0 Å². The summed E-state index contributed by atoms with van der Waals surface area (Å²) in [6, 6.07) is -0.0623. The molecular formula is C26H50N4O6. The molecule has 2 rings (SSSR count). The number of aliphatic hydroxyl groups excluding tert-OH is 4. The van der Waals surface area contributed by atoms with Gasteiger partial charge in [0.2, 0.25) is 5.91 Å². The maximum Gasteiger partial charge on any atom is 0.254 e. The summed E-state index contributed by atoms with van der Waals surface area (Å²) in [5, 5.41) is 41.1. The van der Waals surface area contributed by atoms with Crippen molar-refractivity contribution in [3.8, 4) is 0 Å². The fourth-order valence-corrected chi connectivity index (χ4v) is 7.68. The normalized spacial score (nSPS) is 35.3. The first kappa shape index (κ1) is 30.9. The summed E-state index contributed by atoms with van der Waals surface area (Å²) in [7, 11) is 0. The Hall–Kier alpha value is -1.30. The highest BCUT2D eigenvalue weighted by atomic mass is 16.4. The minimum Gasteiger partial charge on any atom is -0.387 e. The summed E-state index contributed by atoms with van der Waals surface area (Å²) in [6.07, 6.45) is -3.62. The van der Waals surface area contributed by atoms with Gasteiger partial charge in [-0.25, -0.2) is 0 Å². The van der Waals surface area contributed by atoms with Crippen molar-refractivity contribution in [2.24, 2.45) is 38.9 Å². The van der Waals surface area contributed by atoms with Gasteiger partial charge >= 0.3 is 0 Å². The molecule has 210 valence electrons. The average molecular weight is 515 g/mol. The second-order valence-corrected chi connectivity index (χ2v) is 14.1. The predicted molar refractivity (Wildman–Crippen MR) is 137 cm³/mol. The van der Waals surface area contributed by atoms with Crippen LogP contribution in [0, 0.1) is 21.7 Å². The standard InChI is InChI=1S/C26H50N4O6/c1-23(2)7-15(27)9-25(5,11-23)13-30(14-26(6)10-16(28)8-24(3,4)12-26)22(36)20(34)18(32)17(31)19(33)21(29)35/h15-20,31-34H,7-14,27-28H2,1-6H3,(H2,29,35)/t15?,16?,17-,18+,19+,20-,25?,26?/m1/s1. The molecule has 10 nitrogen and oxygen atoms in total. The summed E-state index contributed by atoms with van der Waals surface area (Å²) >= 11 is 0. The zero-order chi connectivity index (χ0) is 27.9. The van der Waals surface area contributed by atoms with Crippen LogP contribution in [0.4, 0.5) is 0 Å². The zero-order valence-electron chi connectivity index (χ0n) is 22.9. The minimum atomic E-state index is -2.12. The van der Waals surface area contributed by atoms with Gasteiger partial charge in [0.1, 0.15) is 12.2 Å². The van der Waals surface area contributed by atoms with Gasteiger partial charge in [0, 0.05) is 25.2 Å². The lowest BCUT2D eigenvalue weighted by Crippen LogP contribution is -2.58. The number of carbonyl (C=O) groups is 2. The molecule has 0 heterocycles. The molecule has 0 aromatic heterocycles. The molecule has 10 N–H and O–H groups in total. The molecule has 8 atom stereocenters. The summed E-state index contributed by atoms with van der Waals surface area (Å²) < 4.78 is 0. The predicted octanol–water partition coefficient (Wildman–Crippen LogP) is -0.169. The van der Waals surface area contributed by atoms with Gasteiger partial charge in [0.25, 0.3) is 5.91 Å². The molecule has 0 spiro atoms. The number of aliphatic hydroxyl groups is 4. The van der Waals surface area contributed by atoms with Crippen LogP contribution >= 0.6 is 0 Å². The van der Waals surface area contributed by atoms with Gasteiger partial charge in [0.05, 0.1) is 0 Å². The third-order valence-electron chi connectivity index (χ3n) is 7.95. The highest BCUT2D eigenvalue weighted by Crippen LogP contribution is 2.48. The molecule has 0 saturated heterocycles. The summed E-state index contributed by atoms with van der Waals surface area (Å²) in [5.41, 5.74) is 17.1. The molecule has 0 aromatic carbocycles. The molecule has 0 bridgehead atoms. The van der Waals surface area contributed by atoms with Crippen molar-refractivity contribution in [1.29, 1.82) is 0 Å². The molecule has 4 unspecified atom stereocenters. The Balaban J connectivity index is 2.37. The molecule has 0 aromatic rings. The van der Waals surface area contributed by atoms with Crippen LogP contribution in [0.2, 0.25) is 0 Å². The zero-order valence-corrected chi connectivity index (χ0v) is 22.9. The molecule has 2 amide bonds. The van der Waals surface area contributed by atoms with Crippen LogP contribution in [-0.4, -0.2) is 86.7 Å². The van der Waals surface area contributed by atoms with E-state index in [1.807, 2.05) is 0 Å². The van der Waals surface area contributed by atoms with Crippen molar-refractivity contribution in [2.75, 3.05) is 13.1 Å². The third-order valence-corrected chi connectivity index (χ3v) is 7.95. The van der Waals surface area contributed by atoms with Crippen LogP contribution in [0.3, 0.4) is 0 Å². The molecule has 2 aliphatic rings. The van der Waals surface area contributed by atoms with E-state index in [0.717, 1.165) is 25.7 Å². The van der Waals surface area contributed by atoms with Crippen molar-refractivity contribution < 1.29 is 30.0 Å². The molecule has 10 heteroatoms. The minimum absolute atomic E-state index is 0.0276. The van der Waals surface area contributed by atoms with Crippen LogP contribution < -0.4 is 17.2 Å². The molecule has 2 saturated carbocycles. The SMILES string of the molecule is CC1(C)CC(N)CC(C)(CN(CC2(C)CC(N)CC(C)(C)C2)C(=O)[C@H](O)[C@@H](O)[C@@H](O)[C@H](O)C(N)=O)C1. The number of primary amides is 1. The Kier molecular flexibility index (Phi) is 9.30. The molecule has 2 aliphatic carbocycles. The Morgan fingerprint density at radius 3 is 1.44 bits per heavy atom. The first-order chi connectivity index (χ1) is 16.2. The number of nitrogens with zero attached hydrogens (tertiary/aromatic N) is 1. The number of rotatable bonds is 9. The van der Waals surface area contributed by atoms with Gasteiger partial charge in [-0.05, 0) is 60.2 Å². The van der Waals surface area contributed by atoms with Crippen molar-refractivity contribution >= 4 is 11.8 Å². The molecule has 0 aliphatic heterocycles. The second-order valence-electron chi connectivity index (χ2n) is 14.1. The van der Waals surface area contributed by atoms with E-state index in [-0.39, 0.29) is 33.7 Å². The second kappa shape index (κ2) is 10.8. The number of nitrogens with two attached hydrogens (primary N) is 3. The van der Waals surface area contributed by atoms with E-state index in [9.17, 15) is 30.0 Å². The fraction of sp³-hybridized carbons (Fsp3) is 0.923. The summed E-state index contributed by atoms with van der Waals surface area (Å²) in [5.74, 6) is -2.05. The van der Waals surface area contributed by atoms with Crippen LogP contribution in [0.1, 0.15) is 80.1 Å². The Labute approximate surface area is 215 Å². The number of amides is 2. The first-order valence-electron chi connectivity index (χ1n) is 13.0. The Morgan fingerprint density at radius 2 is 1.11 bits per heavy atom. The van der Waals surface area contributed by atoms with E-state index < -0.39 is 36.2 Å². The van der Waals surface area contributed by atoms with Crippen molar-refractivity contribution in [3.63, 3.8) is 0 Å². The van der Waals surface area contributed by atoms with E-state index in [0.29, 0.717) is 25.9 Å². The van der Waals surface area contributed by atoms with E-state index in [2.05, 4.69) is 41.5 Å². The van der Waals surface area contributed by atoms with Gasteiger partial charge in [-0.2, -0.15) is 0 Å². The monoisotopic (exact) mass is 514 g/mol. The number of hydrogen-bond acceptors (Lipinski definition) is 8. The van der Waals surface area contributed by atoms with Gasteiger partial charge < -0.3 is 42.5 Å². The Bertz CT molecular complexity index is 767. The van der Waals surface area contributed by atoms with Crippen LogP contribution in [0.25, 0.3) is 0 Å². The molecule has 36 heavy (non-hydrogen) atoms. The van der Waals surface area contributed by atoms with E-state index in [1.165, 1.54) is 0 Å². The van der Waals surface area contributed by atoms with E-state index >= 15 is 0 Å². The lowest BCUT2D eigenvalue weighted by Gasteiger charge is -2.51. The van der Waals surface area contributed by atoms with Gasteiger partial charge in [0.15, 0.2) is 12.2 Å². The van der Waals surface area contributed by atoms with Crippen LogP contribution in [0.5, 0.6) is 0 Å². The quantitative estimate of drug-likeness (QED) is 0.220. The van der Waals surface area contributed by atoms with Gasteiger partial charge in [-0.1, -0.05) is 41.5 Å². The Morgan fingerprint density at radius 1 is 0.750 bits per heavy atom. The fourth-order valence-electron chi connectivity index (χ4n) is 7.68. The largest absolute Gasteiger partial charge is 0.387 e. The van der Waals surface area contributed by atoms with Crippen molar-refractivity contribution in [1.82, 2.24) is 4.90 Å². The maximum atomic E-state index is 13.6. The summed E-state index contributed by atoms with van der Waals surface area (Å²) in [6.45, 7) is 13.4. The third kappa shape index (κ3) is 7.85. The highest BCUT2D eigenvalue weighted by Gasteiger charge is 2.47. The number of hydrogen-bond donors (Lipinski definition) is 7. The molecule has 0 radical (unpaired) electrons.